The molecule has 21 heavy (non-hydrogen) atoms. The monoisotopic (exact) mass is 272 g/mol. The van der Waals surface area contributed by atoms with Gasteiger partial charge in [0.15, 0.2) is 5.76 Å². The lowest BCUT2D eigenvalue weighted by molar-refractivity contribution is 0.560. The molecule has 0 radical (unpaired) electrons. The first-order valence-electron chi connectivity index (χ1n) is 6.55. The Bertz CT molecular complexity index is 793. The van der Waals surface area contributed by atoms with Crippen LogP contribution in [0.4, 0.5) is 0 Å². The van der Waals surface area contributed by atoms with Gasteiger partial charge in [-0.25, -0.2) is 4.98 Å². The summed E-state index contributed by atoms with van der Waals surface area (Å²) in [5, 5.41) is 8.75. The lowest BCUT2D eigenvalue weighted by Gasteiger charge is -1.94. The van der Waals surface area contributed by atoms with Crippen LogP contribution in [0.3, 0.4) is 0 Å². The van der Waals surface area contributed by atoms with E-state index in [1.54, 1.807) is 18.3 Å². The number of oxazole rings is 1. The predicted molar refractivity (Wildman–Crippen MR) is 82.0 cm³/mol. The van der Waals surface area contributed by atoms with E-state index in [-0.39, 0.29) is 0 Å². The molecule has 3 aromatic rings. The second kappa shape index (κ2) is 5.89. The van der Waals surface area contributed by atoms with Crippen molar-refractivity contribution in [3.63, 3.8) is 0 Å². The zero-order chi connectivity index (χ0) is 14.5. The van der Waals surface area contributed by atoms with E-state index in [1.807, 2.05) is 54.6 Å². The second-order valence-electron chi connectivity index (χ2n) is 4.50. The van der Waals surface area contributed by atoms with Crippen LogP contribution in [-0.2, 0) is 0 Å². The van der Waals surface area contributed by atoms with Crippen molar-refractivity contribution in [1.82, 2.24) is 4.98 Å². The summed E-state index contributed by atoms with van der Waals surface area (Å²) < 4.78 is 5.69. The third-order valence-corrected chi connectivity index (χ3v) is 3.04. The van der Waals surface area contributed by atoms with Crippen LogP contribution < -0.4 is 0 Å². The Labute approximate surface area is 122 Å². The normalized spacial score (nSPS) is 10.6. The van der Waals surface area contributed by atoms with Gasteiger partial charge in [0.2, 0.25) is 5.89 Å². The maximum atomic E-state index is 8.75. The summed E-state index contributed by atoms with van der Waals surface area (Å²) >= 11 is 0. The highest BCUT2D eigenvalue weighted by Crippen LogP contribution is 2.20. The molecule has 3 rings (SSSR count). The molecule has 0 aliphatic carbocycles. The fraction of sp³-hybridized carbons (Fsp3) is 0. The fourth-order valence-electron chi connectivity index (χ4n) is 1.94. The lowest BCUT2D eigenvalue weighted by Crippen LogP contribution is -1.75. The van der Waals surface area contributed by atoms with Crippen molar-refractivity contribution in [1.29, 1.82) is 5.26 Å². The smallest absolute Gasteiger partial charge is 0.219 e. The van der Waals surface area contributed by atoms with Crippen molar-refractivity contribution in [3.05, 3.63) is 77.8 Å². The molecule has 0 saturated heterocycles. The zero-order valence-corrected chi connectivity index (χ0v) is 11.2. The third-order valence-electron chi connectivity index (χ3n) is 3.04. The summed E-state index contributed by atoms with van der Waals surface area (Å²) in [5.74, 6) is 1.30. The Morgan fingerprint density at radius 3 is 2.43 bits per heavy atom. The standard InChI is InChI=1S/C18H12N2O/c19-12-15-8-6-14(7-9-15)10-11-18-20-13-17(21-18)16-4-2-1-3-5-16/h1-11,13H/b11-10+. The van der Waals surface area contributed by atoms with Gasteiger partial charge in [-0.2, -0.15) is 5.26 Å². The number of aromatic nitrogens is 1. The average Bonchev–Trinajstić information content (AvgIpc) is 3.03. The van der Waals surface area contributed by atoms with E-state index in [4.69, 9.17) is 9.68 Å². The summed E-state index contributed by atoms with van der Waals surface area (Å²) in [6.07, 6.45) is 5.43. The van der Waals surface area contributed by atoms with E-state index < -0.39 is 0 Å². The van der Waals surface area contributed by atoms with Crippen molar-refractivity contribution >= 4 is 12.2 Å². The van der Waals surface area contributed by atoms with Gasteiger partial charge in [-0.3, -0.25) is 0 Å². The molecule has 0 fully saturated rings. The third kappa shape index (κ3) is 3.07. The summed E-state index contributed by atoms with van der Waals surface area (Å²) in [6, 6.07) is 19.3. The van der Waals surface area contributed by atoms with Crippen LogP contribution in [0.1, 0.15) is 17.0 Å². The predicted octanol–water partition coefficient (Wildman–Crippen LogP) is 4.38. The van der Waals surface area contributed by atoms with Crippen molar-refractivity contribution in [2.45, 2.75) is 0 Å². The van der Waals surface area contributed by atoms with Gasteiger partial charge in [0, 0.05) is 11.6 Å². The van der Waals surface area contributed by atoms with Crippen molar-refractivity contribution < 1.29 is 4.42 Å². The van der Waals surface area contributed by atoms with E-state index in [2.05, 4.69) is 11.1 Å². The maximum absolute atomic E-state index is 8.75. The molecule has 0 unspecified atom stereocenters. The van der Waals surface area contributed by atoms with E-state index in [0.29, 0.717) is 11.5 Å². The van der Waals surface area contributed by atoms with Crippen molar-refractivity contribution in [2.75, 3.05) is 0 Å². The molecule has 3 heteroatoms. The number of nitriles is 1. The van der Waals surface area contributed by atoms with Crippen LogP contribution in [0.2, 0.25) is 0 Å². The first-order chi connectivity index (χ1) is 10.3. The molecular formula is C18H12N2O. The van der Waals surface area contributed by atoms with Crippen LogP contribution in [0.25, 0.3) is 23.5 Å². The van der Waals surface area contributed by atoms with E-state index in [1.165, 1.54) is 0 Å². The van der Waals surface area contributed by atoms with Crippen LogP contribution in [0, 0.1) is 11.3 Å². The molecule has 1 heterocycles. The molecule has 0 saturated carbocycles. The van der Waals surface area contributed by atoms with E-state index in [9.17, 15) is 0 Å². The highest BCUT2D eigenvalue weighted by Gasteiger charge is 2.03. The van der Waals surface area contributed by atoms with Crippen LogP contribution in [0.15, 0.2) is 65.2 Å². The average molecular weight is 272 g/mol. The molecule has 0 atom stereocenters. The Morgan fingerprint density at radius 2 is 1.71 bits per heavy atom. The minimum absolute atomic E-state index is 0.554. The Balaban J connectivity index is 1.78. The maximum Gasteiger partial charge on any atom is 0.219 e. The largest absolute Gasteiger partial charge is 0.437 e. The lowest BCUT2D eigenvalue weighted by atomic mass is 10.1. The summed E-state index contributed by atoms with van der Waals surface area (Å²) in [7, 11) is 0. The Hall–Kier alpha value is -3.12. The van der Waals surface area contributed by atoms with E-state index >= 15 is 0 Å². The molecular weight excluding hydrogens is 260 g/mol. The molecule has 0 aliphatic rings. The molecule has 0 aliphatic heterocycles. The highest BCUT2D eigenvalue weighted by atomic mass is 16.4. The van der Waals surface area contributed by atoms with Gasteiger partial charge in [0.05, 0.1) is 17.8 Å². The molecule has 100 valence electrons. The Kier molecular flexibility index (Phi) is 3.62. The van der Waals surface area contributed by atoms with Gasteiger partial charge in [-0.05, 0) is 23.8 Å². The summed E-state index contributed by atoms with van der Waals surface area (Å²) in [5.41, 5.74) is 2.64. The van der Waals surface area contributed by atoms with Gasteiger partial charge in [0.1, 0.15) is 0 Å². The number of nitrogens with zero attached hydrogens (tertiary/aromatic N) is 2. The van der Waals surface area contributed by atoms with Crippen molar-refractivity contribution in [3.8, 4) is 17.4 Å². The minimum atomic E-state index is 0.554. The van der Waals surface area contributed by atoms with Crippen LogP contribution in [-0.4, -0.2) is 4.98 Å². The van der Waals surface area contributed by atoms with Gasteiger partial charge in [0.25, 0.3) is 0 Å². The van der Waals surface area contributed by atoms with Gasteiger partial charge in [-0.15, -0.1) is 0 Å². The zero-order valence-electron chi connectivity index (χ0n) is 11.2. The fourth-order valence-corrected chi connectivity index (χ4v) is 1.94. The second-order valence-corrected chi connectivity index (χ2v) is 4.50. The number of hydrogen-bond acceptors (Lipinski definition) is 3. The van der Waals surface area contributed by atoms with Gasteiger partial charge < -0.3 is 4.42 Å². The van der Waals surface area contributed by atoms with Crippen LogP contribution in [0.5, 0.6) is 0 Å². The first kappa shape index (κ1) is 12.9. The van der Waals surface area contributed by atoms with Gasteiger partial charge in [-0.1, -0.05) is 42.5 Å². The molecule has 2 aromatic carbocycles. The number of benzene rings is 2. The minimum Gasteiger partial charge on any atom is -0.437 e. The molecule has 1 aromatic heterocycles. The quantitative estimate of drug-likeness (QED) is 0.710. The van der Waals surface area contributed by atoms with E-state index in [0.717, 1.165) is 16.9 Å². The molecule has 0 bridgehead atoms. The topological polar surface area (TPSA) is 49.8 Å². The Morgan fingerprint density at radius 1 is 0.952 bits per heavy atom. The highest BCUT2D eigenvalue weighted by molar-refractivity contribution is 5.67. The molecule has 0 amide bonds. The first-order valence-corrected chi connectivity index (χ1v) is 6.55. The molecule has 0 N–H and O–H groups in total. The molecule has 0 spiro atoms. The summed E-state index contributed by atoms with van der Waals surface area (Å²) in [4.78, 5) is 4.24. The van der Waals surface area contributed by atoms with Crippen molar-refractivity contribution in [2.24, 2.45) is 0 Å². The number of rotatable bonds is 3. The molecule has 3 nitrogen and oxygen atoms in total. The van der Waals surface area contributed by atoms with Gasteiger partial charge >= 0.3 is 0 Å². The van der Waals surface area contributed by atoms with Crippen LogP contribution >= 0.6 is 0 Å². The SMILES string of the molecule is N#Cc1ccc(/C=C/c2ncc(-c3ccccc3)o2)cc1. The summed E-state index contributed by atoms with van der Waals surface area (Å²) in [6.45, 7) is 0. The number of hydrogen-bond donors (Lipinski definition) is 0.